The minimum atomic E-state index is 0.907. The lowest BCUT2D eigenvalue weighted by molar-refractivity contribution is 0.987. The van der Waals surface area contributed by atoms with Crippen LogP contribution in [0.2, 0.25) is 0 Å². The number of aromatic nitrogens is 3. The molecule has 0 saturated carbocycles. The van der Waals surface area contributed by atoms with E-state index in [1.807, 2.05) is 24.4 Å². The molecule has 22 heavy (non-hydrogen) atoms. The van der Waals surface area contributed by atoms with Crippen LogP contribution in [-0.4, -0.2) is 20.8 Å². The van der Waals surface area contributed by atoms with Gasteiger partial charge >= 0.3 is 0 Å². The van der Waals surface area contributed by atoms with Crippen molar-refractivity contribution in [3.05, 3.63) is 54.7 Å². The second-order valence-corrected chi connectivity index (χ2v) is 6.05. The molecule has 1 aromatic carbocycles. The van der Waals surface area contributed by atoms with Crippen molar-refractivity contribution in [2.45, 2.75) is 4.90 Å². The third-order valence-electron chi connectivity index (χ3n) is 3.96. The average molecular weight is 305 g/mol. The molecule has 108 valence electrons. The Balaban J connectivity index is 2.12. The van der Waals surface area contributed by atoms with E-state index < -0.39 is 0 Å². The van der Waals surface area contributed by atoms with Gasteiger partial charge in [-0.2, -0.15) is 0 Å². The van der Waals surface area contributed by atoms with E-state index in [2.05, 4.69) is 53.2 Å². The van der Waals surface area contributed by atoms with Gasteiger partial charge in [-0.3, -0.25) is 4.98 Å². The van der Waals surface area contributed by atoms with Crippen molar-refractivity contribution in [2.75, 3.05) is 6.26 Å². The highest BCUT2D eigenvalue weighted by Gasteiger charge is 2.15. The van der Waals surface area contributed by atoms with Crippen LogP contribution in [0.4, 0.5) is 0 Å². The highest BCUT2D eigenvalue weighted by Crippen LogP contribution is 2.36. The summed E-state index contributed by atoms with van der Waals surface area (Å²) in [5.74, 6) is 0. The van der Waals surface area contributed by atoms with Gasteiger partial charge in [0.25, 0.3) is 0 Å². The Bertz CT molecular complexity index is 974. The third-order valence-corrected chi connectivity index (χ3v) is 4.73. The molecule has 0 fully saturated rings. The van der Waals surface area contributed by atoms with Crippen LogP contribution in [-0.2, 0) is 7.05 Å². The fourth-order valence-electron chi connectivity index (χ4n) is 2.90. The summed E-state index contributed by atoms with van der Waals surface area (Å²) in [7, 11) is 2.07. The molecule has 4 aromatic rings. The average Bonchev–Trinajstić information content (AvgIpc) is 2.88. The van der Waals surface area contributed by atoms with Crippen LogP contribution in [0.3, 0.4) is 0 Å². The summed E-state index contributed by atoms with van der Waals surface area (Å²) in [4.78, 5) is 10.6. The Hall–Kier alpha value is -2.33. The molecule has 3 aromatic heterocycles. The smallest absolute Gasteiger partial charge is 0.142 e. The molecular weight excluding hydrogens is 290 g/mol. The van der Waals surface area contributed by atoms with Crippen LogP contribution in [0.5, 0.6) is 0 Å². The van der Waals surface area contributed by atoms with Crippen molar-refractivity contribution in [1.82, 2.24) is 14.5 Å². The van der Waals surface area contributed by atoms with Crippen molar-refractivity contribution in [3.63, 3.8) is 0 Å². The summed E-state index contributed by atoms with van der Waals surface area (Å²) in [6, 6.07) is 16.5. The second kappa shape index (κ2) is 5.14. The topological polar surface area (TPSA) is 30.7 Å². The number of hydrogen-bond donors (Lipinski definition) is 0. The largest absolute Gasteiger partial charge is 0.328 e. The number of nitrogens with zero attached hydrogens (tertiary/aromatic N) is 3. The first-order valence-corrected chi connectivity index (χ1v) is 8.35. The van der Waals surface area contributed by atoms with Gasteiger partial charge in [0, 0.05) is 28.9 Å². The van der Waals surface area contributed by atoms with Crippen LogP contribution >= 0.6 is 11.8 Å². The van der Waals surface area contributed by atoms with Gasteiger partial charge < -0.3 is 4.57 Å². The van der Waals surface area contributed by atoms with Crippen LogP contribution in [0.15, 0.2) is 59.6 Å². The molecule has 0 aliphatic rings. The number of para-hydroxylation sites is 1. The lowest BCUT2D eigenvalue weighted by Crippen LogP contribution is -1.93. The standard InChI is InChI=1S/C18H15N3S/c1-21-15-9-4-3-7-12(15)17-16(22-2)11-14(20-18(17)21)13-8-5-6-10-19-13/h3-11H,1-2H3. The molecule has 0 saturated heterocycles. The van der Waals surface area contributed by atoms with E-state index >= 15 is 0 Å². The highest BCUT2D eigenvalue weighted by molar-refractivity contribution is 7.98. The lowest BCUT2D eigenvalue weighted by Gasteiger charge is -2.06. The molecule has 0 aliphatic carbocycles. The molecule has 0 amide bonds. The number of pyridine rings is 2. The number of rotatable bonds is 2. The SMILES string of the molecule is CSc1cc(-c2ccccn2)nc2c1c1ccccc1n2C. The molecule has 3 nitrogen and oxygen atoms in total. The van der Waals surface area contributed by atoms with E-state index in [1.165, 1.54) is 21.2 Å². The molecule has 0 spiro atoms. The number of aryl methyl sites for hydroxylation is 1. The number of thioether (sulfide) groups is 1. The molecule has 0 N–H and O–H groups in total. The van der Waals surface area contributed by atoms with Crippen LogP contribution in [0.25, 0.3) is 33.3 Å². The maximum atomic E-state index is 4.88. The van der Waals surface area contributed by atoms with Gasteiger partial charge in [0.05, 0.1) is 16.9 Å². The summed E-state index contributed by atoms with van der Waals surface area (Å²) in [6.45, 7) is 0. The minimum absolute atomic E-state index is 0.907. The summed E-state index contributed by atoms with van der Waals surface area (Å²) in [6.07, 6.45) is 3.92. The fraction of sp³-hybridized carbons (Fsp3) is 0.111. The Morgan fingerprint density at radius 3 is 2.59 bits per heavy atom. The van der Waals surface area contributed by atoms with Gasteiger partial charge in [0.15, 0.2) is 0 Å². The van der Waals surface area contributed by atoms with Crippen molar-refractivity contribution in [2.24, 2.45) is 7.05 Å². The highest BCUT2D eigenvalue weighted by atomic mass is 32.2. The Labute approximate surface area is 133 Å². The van der Waals surface area contributed by atoms with Crippen molar-refractivity contribution in [1.29, 1.82) is 0 Å². The van der Waals surface area contributed by atoms with Crippen molar-refractivity contribution >= 4 is 33.7 Å². The zero-order chi connectivity index (χ0) is 15.1. The minimum Gasteiger partial charge on any atom is -0.328 e. The summed E-state index contributed by atoms with van der Waals surface area (Å²) in [5.41, 5.74) is 4.04. The predicted octanol–water partition coefficient (Wildman–Crippen LogP) is 4.51. The molecule has 0 bridgehead atoms. The third kappa shape index (κ3) is 1.91. The molecule has 0 unspecified atom stereocenters. The zero-order valence-electron chi connectivity index (χ0n) is 12.4. The maximum absolute atomic E-state index is 4.88. The van der Waals surface area contributed by atoms with Gasteiger partial charge in [-0.15, -0.1) is 11.8 Å². The zero-order valence-corrected chi connectivity index (χ0v) is 13.3. The van der Waals surface area contributed by atoms with E-state index in [0.29, 0.717) is 0 Å². The Kier molecular flexibility index (Phi) is 3.12. The number of hydrogen-bond acceptors (Lipinski definition) is 3. The summed E-state index contributed by atoms with van der Waals surface area (Å²) < 4.78 is 2.16. The molecule has 3 heterocycles. The fourth-order valence-corrected chi connectivity index (χ4v) is 3.54. The predicted molar refractivity (Wildman–Crippen MR) is 93.2 cm³/mol. The van der Waals surface area contributed by atoms with E-state index in [0.717, 1.165) is 17.0 Å². The van der Waals surface area contributed by atoms with Gasteiger partial charge in [0.1, 0.15) is 5.65 Å². The van der Waals surface area contributed by atoms with Crippen LogP contribution < -0.4 is 0 Å². The Morgan fingerprint density at radius 1 is 1.00 bits per heavy atom. The van der Waals surface area contributed by atoms with Gasteiger partial charge in [-0.25, -0.2) is 4.98 Å². The summed E-state index contributed by atoms with van der Waals surface area (Å²) in [5, 5.41) is 2.48. The summed E-state index contributed by atoms with van der Waals surface area (Å²) >= 11 is 1.75. The maximum Gasteiger partial charge on any atom is 0.142 e. The van der Waals surface area contributed by atoms with Crippen LogP contribution in [0, 0.1) is 0 Å². The molecule has 0 atom stereocenters. The second-order valence-electron chi connectivity index (χ2n) is 5.20. The molecule has 4 rings (SSSR count). The lowest BCUT2D eigenvalue weighted by atomic mass is 10.1. The number of fused-ring (bicyclic) bond motifs is 3. The Morgan fingerprint density at radius 2 is 1.82 bits per heavy atom. The molecule has 0 aliphatic heterocycles. The first-order valence-electron chi connectivity index (χ1n) is 7.13. The van der Waals surface area contributed by atoms with Crippen LogP contribution in [0.1, 0.15) is 0 Å². The normalized spacial score (nSPS) is 11.4. The monoisotopic (exact) mass is 305 g/mol. The van der Waals surface area contributed by atoms with Crippen molar-refractivity contribution in [3.8, 4) is 11.4 Å². The molecule has 4 heteroatoms. The molecule has 0 radical (unpaired) electrons. The van der Waals surface area contributed by atoms with Crippen molar-refractivity contribution < 1.29 is 0 Å². The first kappa shape index (κ1) is 13.3. The van der Waals surface area contributed by atoms with Gasteiger partial charge in [-0.1, -0.05) is 24.3 Å². The van der Waals surface area contributed by atoms with E-state index in [1.54, 1.807) is 11.8 Å². The first-order chi connectivity index (χ1) is 10.8. The van der Waals surface area contributed by atoms with E-state index in [4.69, 9.17) is 4.98 Å². The van der Waals surface area contributed by atoms with E-state index in [9.17, 15) is 0 Å². The quantitative estimate of drug-likeness (QED) is 0.510. The van der Waals surface area contributed by atoms with E-state index in [-0.39, 0.29) is 0 Å². The van der Waals surface area contributed by atoms with Gasteiger partial charge in [-0.05, 0) is 30.5 Å². The van der Waals surface area contributed by atoms with Gasteiger partial charge in [0.2, 0.25) is 0 Å². The molecular formula is C18H15N3S. The number of benzene rings is 1.